The SMILES string of the molecule is Cc1cnn(-c2ccc(-c3nc(C4(N)CCC4)no3)cc2)c1.Cl. The molecule has 0 spiro atoms. The van der Waals surface area contributed by atoms with Crippen LogP contribution in [0.5, 0.6) is 0 Å². The van der Waals surface area contributed by atoms with Crippen LogP contribution in [0.3, 0.4) is 0 Å². The molecule has 3 aromatic rings. The third kappa shape index (κ3) is 2.75. The highest BCUT2D eigenvalue weighted by atomic mass is 35.5. The van der Waals surface area contributed by atoms with E-state index >= 15 is 0 Å². The number of nitrogens with zero attached hydrogens (tertiary/aromatic N) is 4. The Morgan fingerprint density at radius 3 is 2.52 bits per heavy atom. The van der Waals surface area contributed by atoms with Gasteiger partial charge in [-0.3, -0.25) is 0 Å². The maximum atomic E-state index is 6.22. The average molecular weight is 332 g/mol. The Bertz CT molecular complexity index is 804. The molecule has 23 heavy (non-hydrogen) atoms. The summed E-state index contributed by atoms with van der Waals surface area (Å²) in [6.07, 6.45) is 6.78. The van der Waals surface area contributed by atoms with Crippen molar-refractivity contribution in [1.82, 2.24) is 19.9 Å². The van der Waals surface area contributed by atoms with Crippen molar-refractivity contribution in [3.8, 4) is 17.1 Å². The molecular weight excluding hydrogens is 314 g/mol. The van der Waals surface area contributed by atoms with E-state index in [-0.39, 0.29) is 12.4 Å². The van der Waals surface area contributed by atoms with E-state index in [0.29, 0.717) is 11.7 Å². The number of aryl methyl sites for hydroxylation is 1. The lowest BCUT2D eigenvalue weighted by Gasteiger charge is -2.34. The Labute approximate surface area is 140 Å². The lowest BCUT2D eigenvalue weighted by atomic mass is 9.77. The van der Waals surface area contributed by atoms with E-state index in [4.69, 9.17) is 10.3 Å². The van der Waals surface area contributed by atoms with Crippen LogP contribution in [-0.4, -0.2) is 19.9 Å². The summed E-state index contributed by atoms with van der Waals surface area (Å²) < 4.78 is 7.19. The van der Waals surface area contributed by atoms with Gasteiger partial charge < -0.3 is 10.3 Å². The lowest BCUT2D eigenvalue weighted by molar-refractivity contribution is 0.229. The molecule has 0 amide bonds. The van der Waals surface area contributed by atoms with Crippen LogP contribution in [-0.2, 0) is 5.54 Å². The Hall–Kier alpha value is -2.18. The molecule has 0 radical (unpaired) electrons. The molecule has 0 atom stereocenters. The molecule has 2 N–H and O–H groups in total. The molecule has 4 rings (SSSR count). The van der Waals surface area contributed by atoms with Crippen LogP contribution >= 0.6 is 12.4 Å². The van der Waals surface area contributed by atoms with Crippen LogP contribution in [0, 0.1) is 6.92 Å². The van der Waals surface area contributed by atoms with E-state index < -0.39 is 5.54 Å². The highest BCUT2D eigenvalue weighted by molar-refractivity contribution is 5.85. The van der Waals surface area contributed by atoms with E-state index in [1.165, 1.54) is 0 Å². The number of benzene rings is 1. The van der Waals surface area contributed by atoms with Crippen LogP contribution in [0.4, 0.5) is 0 Å². The van der Waals surface area contributed by atoms with E-state index in [1.54, 1.807) is 0 Å². The maximum Gasteiger partial charge on any atom is 0.257 e. The molecule has 7 heteroatoms. The van der Waals surface area contributed by atoms with Crippen LogP contribution in [0.1, 0.15) is 30.7 Å². The van der Waals surface area contributed by atoms with Gasteiger partial charge >= 0.3 is 0 Å². The summed E-state index contributed by atoms with van der Waals surface area (Å²) in [4.78, 5) is 4.46. The Kier molecular flexibility index (Phi) is 3.95. The molecule has 0 saturated heterocycles. The third-order valence-electron chi connectivity index (χ3n) is 4.21. The fourth-order valence-corrected chi connectivity index (χ4v) is 2.64. The monoisotopic (exact) mass is 331 g/mol. The van der Waals surface area contributed by atoms with Gasteiger partial charge in [0.05, 0.1) is 17.4 Å². The van der Waals surface area contributed by atoms with Crippen molar-refractivity contribution in [2.24, 2.45) is 5.73 Å². The van der Waals surface area contributed by atoms with Crippen molar-refractivity contribution in [3.63, 3.8) is 0 Å². The van der Waals surface area contributed by atoms with E-state index in [9.17, 15) is 0 Å². The van der Waals surface area contributed by atoms with Gasteiger partial charge in [-0.2, -0.15) is 10.1 Å². The molecule has 1 saturated carbocycles. The second-order valence-corrected chi connectivity index (χ2v) is 5.94. The Morgan fingerprint density at radius 1 is 1.22 bits per heavy atom. The van der Waals surface area contributed by atoms with Gasteiger partial charge in [0.15, 0.2) is 5.82 Å². The first-order valence-electron chi connectivity index (χ1n) is 7.39. The summed E-state index contributed by atoms with van der Waals surface area (Å²) in [6, 6.07) is 7.86. The third-order valence-corrected chi connectivity index (χ3v) is 4.21. The Balaban J connectivity index is 0.00000156. The zero-order valence-electron chi connectivity index (χ0n) is 12.8. The van der Waals surface area contributed by atoms with Gasteiger partial charge in [0.2, 0.25) is 0 Å². The molecule has 1 aliphatic carbocycles. The van der Waals surface area contributed by atoms with Crippen LogP contribution in [0.25, 0.3) is 17.1 Å². The summed E-state index contributed by atoms with van der Waals surface area (Å²) in [7, 11) is 0. The highest BCUT2D eigenvalue weighted by Crippen LogP contribution is 2.37. The standard InChI is InChI=1S/C16H17N5O.ClH/c1-11-9-18-21(10-11)13-5-3-12(4-6-13)14-19-15(20-22-14)16(17)7-2-8-16;/h3-6,9-10H,2,7-8,17H2,1H3;1H. The van der Waals surface area contributed by atoms with Crippen molar-refractivity contribution < 1.29 is 4.52 Å². The number of aromatic nitrogens is 4. The highest BCUT2D eigenvalue weighted by Gasteiger charge is 2.39. The van der Waals surface area contributed by atoms with Gasteiger partial charge in [0.1, 0.15) is 0 Å². The summed E-state index contributed by atoms with van der Waals surface area (Å²) in [5.41, 5.74) is 8.83. The average Bonchev–Trinajstić information content (AvgIpc) is 3.14. The van der Waals surface area contributed by atoms with E-state index in [1.807, 2.05) is 48.3 Å². The lowest BCUT2D eigenvalue weighted by Crippen LogP contribution is -2.44. The quantitative estimate of drug-likeness (QED) is 0.797. The summed E-state index contributed by atoms with van der Waals surface area (Å²) in [5, 5.41) is 8.33. The molecule has 1 aliphatic rings. The summed E-state index contributed by atoms with van der Waals surface area (Å²) in [6.45, 7) is 2.01. The maximum absolute atomic E-state index is 6.22. The van der Waals surface area contributed by atoms with E-state index in [0.717, 1.165) is 36.1 Å². The van der Waals surface area contributed by atoms with Crippen LogP contribution in [0.15, 0.2) is 41.2 Å². The number of hydrogen-bond donors (Lipinski definition) is 1. The molecule has 120 valence electrons. The minimum Gasteiger partial charge on any atom is -0.334 e. The molecule has 0 unspecified atom stereocenters. The van der Waals surface area contributed by atoms with Gasteiger partial charge in [0.25, 0.3) is 5.89 Å². The molecule has 0 bridgehead atoms. The topological polar surface area (TPSA) is 82.8 Å². The first kappa shape index (κ1) is 15.7. The molecule has 0 aliphatic heterocycles. The first-order chi connectivity index (χ1) is 10.6. The van der Waals surface area contributed by atoms with Crippen molar-refractivity contribution in [2.75, 3.05) is 0 Å². The molecule has 2 aromatic heterocycles. The molecular formula is C16H18ClN5O. The summed E-state index contributed by atoms with van der Waals surface area (Å²) in [5.74, 6) is 1.12. The molecule has 1 aromatic carbocycles. The largest absolute Gasteiger partial charge is 0.334 e. The fraction of sp³-hybridized carbons (Fsp3) is 0.312. The fourth-order valence-electron chi connectivity index (χ4n) is 2.64. The Morgan fingerprint density at radius 2 is 1.96 bits per heavy atom. The minimum atomic E-state index is -0.395. The smallest absolute Gasteiger partial charge is 0.257 e. The van der Waals surface area contributed by atoms with Crippen molar-refractivity contribution >= 4 is 12.4 Å². The van der Waals surface area contributed by atoms with Crippen LogP contribution in [0.2, 0.25) is 0 Å². The summed E-state index contributed by atoms with van der Waals surface area (Å²) >= 11 is 0. The second-order valence-electron chi connectivity index (χ2n) is 5.94. The van der Waals surface area contributed by atoms with Crippen molar-refractivity contribution in [3.05, 3.63) is 48.0 Å². The second kappa shape index (κ2) is 5.79. The van der Waals surface area contributed by atoms with Gasteiger partial charge in [-0.15, -0.1) is 12.4 Å². The molecule has 6 nitrogen and oxygen atoms in total. The molecule has 1 fully saturated rings. The van der Waals surface area contributed by atoms with Gasteiger partial charge in [0, 0.05) is 11.8 Å². The van der Waals surface area contributed by atoms with Crippen molar-refractivity contribution in [1.29, 1.82) is 0 Å². The van der Waals surface area contributed by atoms with Gasteiger partial charge in [-0.25, -0.2) is 4.68 Å². The first-order valence-corrected chi connectivity index (χ1v) is 7.39. The predicted octanol–water partition coefficient (Wildman–Crippen LogP) is 2.99. The zero-order chi connectivity index (χ0) is 15.2. The van der Waals surface area contributed by atoms with Crippen molar-refractivity contribution in [2.45, 2.75) is 31.7 Å². The predicted molar refractivity (Wildman–Crippen MR) is 88.6 cm³/mol. The van der Waals surface area contributed by atoms with Gasteiger partial charge in [-0.1, -0.05) is 5.16 Å². The number of hydrogen-bond acceptors (Lipinski definition) is 5. The number of nitrogens with two attached hydrogens (primary N) is 1. The number of halogens is 1. The van der Waals surface area contributed by atoms with E-state index in [2.05, 4.69) is 15.2 Å². The minimum absolute atomic E-state index is 0. The molecule has 2 heterocycles. The zero-order valence-corrected chi connectivity index (χ0v) is 13.6. The number of rotatable bonds is 3. The van der Waals surface area contributed by atoms with Gasteiger partial charge in [-0.05, 0) is 56.0 Å². The van der Waals surface area contributed by atoms with Crippen LogP contribution < -0.4 is 5.73 Å². The normalized spacial score (nSPS) is 15.7.